The molecule has 2 aliphatic rings. The molecule has 1 aliphatic carbocycles. The molecule has 30 heavy (non-hydrogen) atoms. The van der Waals surface area contributed by atoms with E-state index in [-0.39, 0.29) is 30.7 Å². The summed E-state index contributed by atoms with van der Waals surface area (Å²) in [5.74, 6) is -1.84. The van der Waals surface area contributed by atoms with Gasteiger partial charge in [-0.2, -0.15) is 0 Å². The number of nitrogens with zero attached hydrogens (tertiary/aromatic N) is 3. The number of aliphatic hydroxyl groups excluding tert-OH is 1. The molecule has 0 radical (unpaired) electrons. The largest absolute Gasteiger partial charge is 0.390 e. The van der Waals surface area contributed by atoms with E-state index in [1.807, 2.05) is 0 Å². The first-order chi connectivity index (χ1) is 14.4. The molecule has 0 amide bonds. The number of fused-ring (bicyclic) bond motifs is 5. The van der Waals surface area contributed by atoms with E-state index in [9.17, 15) is 22.7 Å². The van der Waals surface area contributed by atoms with Crippen molar-refractivity contribution in [3.63, 3.8) is 0 Å². The van der Waals surface area contributed by atoms with E-state index in [4.69, 9.17) is 0 Å². The number of alkyl halides is 2. The van der Waals surface area contributed by atoms with Crippen molar-refractivity contribution >= 4 is 17.0 Å². The van der Waals surface area contributed by atoms with E-state index in [1.165, 1.54) is 23.6 Å². The van der Waals surface area contributed by atoms with Crippen molar-refractivity contribution in [2.24, 2.45) is 10.9 Å². The molecular formula is C21H17F4N3OS. The maximum absolute atomic E-state index is 14.8. The van der Waals surface area contributed by atoms with Gasteiger partial charge < -0.3 is 5.11 Å². The van der Waals surface area contributed by atoms with Crippen molar-refractivity contribution in [3.05, 3.63) is 69.1 Å². The first kappa shape index (κ1) is 19.4. The van der Waals surface area contributed by atoms with Gasteiger partial charge in [-0.15, -0.1) is 11.3 Å². The Morgan fingerprint density at radius 1 is 1.20 bits per heavy atom. The molecule has 2 atom stereocenters. The second-order valence-electron chi connectivity index (χ2n) is 7.54. The van der Waals surface area contributed by atoms with Crippen LogP contribution in [0, 0.1) is 17.6 Å². The number of halogens is 4. The van der Waals surface area contributed by atoms with Gasteiger partial charge in [-0.1, -0.05) is 6.07 Å². The fraction of sp³-hybridized carbons (Fsp3) is 0.333. The normalized spacial score (nSPS) is 20.0. The number of rotatable bonds is 3. The molecule has 4 nitrogen and oxygen atoms in total. The number of aromatic nitrogens is 2. The molecule has 0 spiro atoms. The third-order valence-electron chi connectivity index (χ3n) is 5.70. The lowest BCUT2D eigenvalue weighted by Gasteiger charge is -2.14. The number of imidazole rings is 1. The Kier molecular flexibility index (Phi) is 4.55. The van der Waals surface area contributed by atoms with Crippen LogP contribution >= 0.6 is 11.3 Å². The number of aliphatic hydroxyl groups is 1. The molecule has 2 aromatic heterocycles. The van der Waals surface area contributed by atoms with Crippen molar-refractivity contribution in [3.8, 4) is 5.00 Å². The van der Waals surface area contributed by atoms with Crippen molar-refractivity contribution in [2.75, 3.05) is 0 Å². The lowest BCUT2D eigenvalue weighted by atomic mass is 9.97. The summed E-state index contributed by atoms with van der Waals surface area (Å²) in [6, 6.07) is 3.03. The Morgan fingerprint density at radius 3 is 2.60 bits per heavy atom. The highest BCUT2D eigenvalue weighted by molar-refractivity contribution is 7.15. The summed E-state index contributed by atoms with van der Waals surface area (Å²) in [4.78, 5) is 9.73. The van der Waals surface area contributed by atoms with E-state index in [2.05, 4.69) is 9.98 Å². The van der Waals surface area contributed by atoms with Crippen LogP contribution in [0.2, 0.25) is 0 Å². The summed E-state index contributed by atoms with van der Waals surface area (Å²) >= 11 is 1.30. The summed E-state index contributed by atoms with van der Waals surface area (Å²) in [7, 11) is 0. The molecule has 1 N–H and O–H groups in total. The highest BCUT2D eigenvalue weighted by atomic mass is 32.1. The minimum absolute atomic E-state index is 0.106. The van der Waals surface area contributed by atoms with Crippen molar-refractivity contribution in [2.45, 2.75) is 38.8 Å². The van der Waals surface area contributed by atoms with Gasteiger partial charge in [-0.25, -0.2) is 22.5 Å². The summed E-state index contributed by atoms with van der Waals surface area (Å²) in [6.07, 6.45) is -0.633. The van der Waals surface area contributed by atoms with E-state index < -0.39 is 30.0 Å². The lowest BCUT2D eigenvalue weighted by Crippen LogP contribution is -2.15. The number of aliphatic imine (C=N–C) groups is 1. The van der Waals surface area contributed by atoms with Crippen LogP contribution < -0.4 is 0 Å². The Hall–Kier alpha value is -2.52. The molecule has 3 heterocycles. The van der Waals surface area contributed by atoms with Gasteiger partial charge in [-0.3, -0.25) is 9.56 Å². The van der Waals surface area contributed by atoms with Crippen LogP contribution in [0.3, 0.4) is 0 Å². The molecule has 0 saturated carbocycles. The summed E-state index contributed by atoms with van der Waals surface area (Å²) in [6.45, 7) is 1.46. The molecule has 156 valence electrons. The third kappa shape index (κ3) is 2.75. The molecular weight excluding hydrogens is 418 g/mol. The van der Waals surface area contributed by atoms with Gasteiger partial charge in [0.1, 0.15) is 28.5 Å². The third-order valence-corrected chi connectivity index (χ3v) is 6.94. The molecule has 0 unspecified atom stereocenters. The zero-order valence-corrected chi connectivity index (χ0v) is 16.7. The molecule has 0 fully saturated rings. The van der Waals surface area contributed by atoms with Crippen LogP contribution in [0.1, 0.15) is 46.1 Å². The van der Waals surface area contributed by atoms with E-state index in [0.29, 0.717) is 27.6 Å². The van der Waals surface area contributed by atoms with E-state index in [1.54, 1.807) is 11.5 Å². The Labute approximate surface area is 173 Å². The van der Waals surface area contributed by atoms with Gasteiger partial charge in [0.25, 0.3) is 0 Å². The van der Waals surface area contributed by atoms with Gasteiger partial charge in [-0.05, 0) is 37.5 Å². The molecule has 1 aliphatic heterocycles. The lowest BCUT2D eigenvalue weighted by molar-refractivity contribution is 0.0826. The molecule has 5 rings (SSSR count). The van der Waals surface area contributed by atoms with Gasteiger partial charge >= 0.3 is 0 Å². The Morgan fingerprint density at radius 2 is 1.93 bits per heavy atom. The minimum atomic E-state index is -2.48. The molecule has 3 aromatic rings. The maximum Gasteiger partial charge on any atom is 0.242 e. The maximum atomic E-state index is 14.8. The summed E-state index contributed by atoms with van der Waals surface area (Å²) in [5.41, 5.74) is 1.45. The van der Waals surface area contributed by atoms with Crippen LogP contribution in [-0.4, -0.2) is 26.8 Å². The van der Waals surface area contributed by atoms with Crippen LogP contribution in [0.25, 0.3) is 5.00 Å². The smallest absolute Gasteiger partial charge is 0.242 e. The van der Waals surface area contributed by atoms with Crippen LogP contribution in [-0.2, 0) is 19.4 Å². The van der Waals surface area contributed by atoms with Crippen molar-refractivity contribution in [1.29, 1.82) is 0 Å². The minimum Gasteiger partial charge on any atom is -0.390 e. The number of thiophene rings is 1. The average molecular weight is 435 g/mol. The number of hydrogen-bond acceptors (Lipinski definition) is 4. The highest BCUT2D eigenvalue weighted by Crippen LogP contribution is 2.45. The SMILES string of the molecule is C[C@@H]1N=C(c2c(F)cccc2F)c2c(sc3c2C[C@H](C(F)F)C3)-n2c(CO)cnc21. The zero-order chi connectivity index (χ0) is 21.2. The highest BCUT2D eigenvalue weighted by Gasteiger charge is 2.38. The zero-order valence-electron chi connectivity index (χ0n) is 15.9. The van der Waals surface area contributed by atoms with Crippen LogP contribution in [0.15, 0.2) is 29.4 Å². The number of hydrogen-bond donors (Lipinski definition) is 1. The monoisotopic (exact) mass is 435 g/mol. The van der Waals surface area contributed by atoms with E-state index in [0.717, 1.165) is 17.0 Å². The molecule has 0 bridgehead atoms. The average Bonchev–Trinajstić information content (AvgIpc) is 3.36. The standard InChI is InChI=1S/C21H17F4N3OS/c1-9-20-26-7-11(8-29)28(20)21-16(12-5-10(19(24)25)6-15(12)30-21)18(27-9)17-13(22)3-2-4-14(17)23/h2-4,7,9-10,19,29H,5-6,8H2,1H3/t9-,10-/m0/s1. The Balaban J connectivity index is 1.82. The van der Waals surface area contributed by atoms with Gasteiger partial charge in [0, 0.05) is 16.4 Å². The van der Waals surface area contributed by atoms with Gasteiger partial charge in [0.15, 0.2) is 0 Å². The fourth-order valence-electron chi connectivity index (χ4n) is 4.30. The second-order valence-corrected chi connectivity index (χ2v) is 8.62. The van der Waals surface area contributed by atoms with Crippen LogP contribution in [0.4, 0.5) is 17.6 Å². The summed E-state index contributed by atoms with van der Waals surface area (Å²) < 4.78 is 58.1. The van der Waals surface area contributed by atoms with Gasteiger partial charge in [0.2, 0.25) is 6.43 Å². The van der Waals surface area contributed by atoms with Crippen molar-refractivity contribution < 1.29 is 22.7 Å². The topological polar surface area (TPSA) is 50.4 Å². The van der Waals surface area contributed by atoms with Crippen LogP contribution in [0.5, 0.6) is 0 Å². The second kappa shape index (κ2) is 7.02. The van der Waals surface area contributed by atoms with Gasteiger partial charge in [0.05, 0.1) is 29.8 Å². The molecule has 9 heteroatoms. The van der Waals surface area contributed by atoms with E-state index >= 15 is 0 Å². The Bertz CT molecular complexity index is 1160. The predicted octanol–water partition coefficient (Wildman–Crippen LogP) is 4.60. The molecule has 1 aromatic carbocycles. The predicted molar refractivity (Wildman–Crippen MR) is 105 cm³/mol. The first-order valence-electron chi connectivity index (χ1n) is 9.53. The number of benzene rings is 1. The first-order valence-corrected chi connectivity index (χ1v) is 10.3. The van der Waals surface area contributed by atoms with Crippen molar-refractivity contribution in [1.82, 2.24) is 9.55 Å². The summed E-state index contributed by atoms with van der Waals surface area (Å²) in [5, 5.41) is 10.4. The quantitative estimate of drug-likeness (QED) is 0.612. The molecule has 0 saturated heterocycles. The fourth-order valence-corrected chi connectivity index (χ4v) is 5.77.